The van der Waals surface area contributed by atoms with Crippen molar-refractivity contribution >= 4 is 39.9 Å². The highest BCUT2D eigenvalue weighted by molar-refractivity contribution is 7.16. The number of aryl methyl sites for hydroxylation is 1. The molecule has 0 bridgehead atoms. The van der Waals surface area contributed by atoms with Crippen LogP contribution in [-0.2, 0) is 11.2 Å². The van der Waals surface area contributed by atoms with Crippen molar-refractivity contribution in [2.75, 3.05) is 11.9 Å². The minimum Gasteiger partial charge on any atom is -0.355 e. The second kappa shape index (κ2) is 9.26. The number of rotatable bonds is 5. The van der Waals surface area contributed by atoms with Gasteiger partial charge < -0.3 is 5.32 Å². The Morgan fingerprint density at radius 2 is 1.83 bits per heavy atom. The minimum atomic E-state index is -0.217. The molecule has 2 aromatic rings. The van der Waals surface area contributed by atoms with Crippen molar-refractivity contribution in [3.8, 4) is 0 Å². The first-order chi connectivity index (χ1) is 14.1. The van der Waals surface area contributed by atoms with Crippen LogP contribution in [0, 0.1) is 5.92 Å². The number of anilines is 1. The van der Waals surface area contributed by atoms with Crippen molar-refractivity contribution in [2.45, 2.75) is 57.3 Å². The number of nitrogens with one attached hydrogen (secondary N) is 2. The fraction of sp³-hybridized carbons (Fsp3) is 0.500. The molecule has 0 radical (unpaired) electrons. The van der Waals surface area contributed by atoms with Crippen LogP contribution < -0.4 is 10.6 Å². The summed E-state index contributed by atoms with van der Waals surface area (Å²) >= 11 is 7.37. The predicted octanol–water partition coefficient (Wildman–Crippen LogP) is 5.17. The summed E-state index contributed by atoms with van der Waals surface area (Å²) in [5.41, 5.74) is 1.37. The maximum absolute atomic E-state index is 12.8. The lowest BCUT2D eigenvalue weighted by Gasteiger charge is -2.24. The molecule has 7 heteroatoms. The number of aromatic nitrogens is 1. The highest BCUT2D eigenvalue weighted by Crippen LogP contribution is 2.37. The van der Waals surface area contributed by atoms with E-state index in [0.717, 1.165) is 36.4 Å². The number of nitrogens with zero attached hydrogens (tertiary/aromatic N) is 1. The monoisotopic (exact) mass is 431 g/mol. The molecule has 0 aliphatic heterocycles. The van der Waals surface area contributed by atoms with Crippen LogP contribution in [0.4, 0.5) is 5.13 Å². The number of amides is 2. The van der Waals surface area contributed by atoms with Gasteiger partial charge in [-0.3, -0.25) is 14.9 Å². The highest BCUT2D eigenvalue weighted by atomic mass is 35.5. The summed E-state index contributed by atoms with van der Waals surface area (Å²) in [6.45, 7) is 0.773. The van der Waals surface area contributed by atoms with Crippen LogP contribution in [0.5, 0.6) is 0 Å². The van der Waals surface area contributed by atoms with Gasteiger partial charge in [0.1, 0.15) is 0 Å². The Morgan fingerprint density at radius 1 is 1.07 bits per heavy atom. The van der Waals surface area contributed by atoms with E-state index in [1.54, 1.807) is 24.3 Å². The van der Waals surface area contributed by atoms with Crippen LogP contribution in [0.3, 0.4) is 0 Å². The lowest BCUT2D eigenvalue weighted by molar-refractivity contribution is -0.123. The van der Waals surface area contributed by atoms with E-state index < -0.39 is 0 Å². The van der Waals surface area contributed by atoms with E-state index in [4.69, 9.17) is 11.6 Å². The minimum absolute atomic E-state index is 0.0809. The largest absolute Gasteiger partial charge is 0.355 e. The topological polar surface area (TPSA) is 71.1 Å². The molecular formula is C22H26ClN3O2S. The molecule has 0 spiro atoms. The molecule has 1 fully saturated rings. The van der Waals surface area contributed by atoms with Crippen LogP contribution >= 0.6 is 22.9 Å². The van der Waals surface area contributed by atoms with Gasteiger partial charge in [-0.1, -0.05) is 30.9 Å². The van der Waals surface area contributed by atoms with Gasteiger partial charge in [0.25, 0.3) is 5.91 Å². The molecule has 1 aromatic carbocycles. The van der Waals surface area contributed by atoms with Crippen molar-refractivity contribution in [1.82, 2.24) is 10.3 Å². The van der Waals surface area contributed by atoms with E-state index in [0.29, 0.717) is 21.6 Å². The zero-order valence-corrected chi connectivity index (χ0v) is 18.0. The van der Waals surface area contributed by atoms with Gasteiger partial charge in [0.2, 0.25) is 5.91 Å². The number of benzene rings is 1. The standard InChI is InChI=1S/C22H26ClN3O2S/c23-16-11-9-15(10-12-16)20(27)26-22-25-19-17(7-4-8-18(19)29-22)21(28)24-13-14-5-2-1-3-6-14/h9-12,14,17H,1-8,13H2,(H,24,28)(H,25,26,27). The molecule has 2 amide bonds. The second-order valence-corrected chi connectivity index (χ2v) is 9.50. The third kappa shape index (κ3) is 4.98. The molecule has 2 aliphatic carbocycles. The maximum atomic E-state index is 12.8. The van der Waals surface area contributed by atoms with Crippen molar-refractivity contribution in [3.05, 3.63) is 45.4 Å². The van der Waals surface area contributed by atoms with Gasteiger partial charge in [0.15, 0.2) is 5.13 Å². The number of carbonyl (C=O) groups excluding carboxylic acids is 2. The van der Waals surface area contributed by atoms with Crippen molar-refractivity contribution in [1.29, 1.82) is 0 Å². The van der Waals surface area contributed by atoms with Gasteiger partial charge in [-0.2, -0.15) is 0 Å². The summed E-state index contributed by atoms with van der Waals surface area (Å²) in [6.07, 6.45) is 9.00. The van der Waals surface area contributed by atoms with E-state index in [2.05, 4.69) is 15.6 Å². The lowest BCUT2D eigenvalue weighted by Crippen LogP contribution is -2.35. The predicted molar refractivity (Wildman–Crippen MR) is 117 cm³/mol. The summed E-state index contributed by atoms with van der Waals surface area (Å²) in [4.78, 5) is 31.0. The van der Waals surface area contributed by atoms with Crippen molar-refractivity contribution in [3.63, 3.8) is 0 Å². The highest BCUT2D eigenvalue weighted by Gasteiger charge is 2.31. The van der Waals surface area contributed by atoms with Crippen LogP contribution in [0.15, 0.2) is 24.3 Å². The summed E-state index contributed by atoms with van der Waals surface area (Å²) in [5, 5.41) is 7.19. The number of hydrogen-bond acceptors (Lipinski definition) is 4. The summed E-state index contributed by atoms with van der Waals surface area (Å²) in [6, 6.07) is 6.76. The third-order valence-electron chi connectivity index (χ3n) is 5.89. The van der Waals surface area contributed by atoms with Crippen molar-refractivity contribution in [2.24, 2.45) is 5.92 Å². The molecule has 2 N–H and O–H groups in total. The molecular weight excluding hydrogens is 406 g/mol. The third-order valence-corrected chi connectivity index (χ3v) is 7.19. The lowest BCUT2D eigenvalue weighted by atomic mass is 9.88. The molecule has 0 saturated heterocycles. The van der Waals surface area contributed by atoms with Gasteiger partial charge in [0.05, 0.1) is 11.6 Å². The molecule has 1 atom stereocenters. The number of halogens is 1. The Morgan fingerprint density at radius 3 is 2.59 bits per heavy atom. The molecule has 1 unspecified atom stereocenters. The average molecular weight is 432 g/mol. The molecule has 154 valence electrons. The van der Waals surface area contributed by atoms with Gasteiger partial charge >= 0.3 is 0 Å². The van der Waals surface area contributed by atoms with Gasteiger partial charge in [-0.05, 0) is 62.3 Å². The molecule has 5 nitrogen and oxygen atoms in total. The fourth-order valence-electron chi connectivity index (χ4n) is 4.26. The van der Waals surface area contributed by atoms with Crippen molar-refractivity contribution < 1.29 is 9.59 Å². The summed E-state index contributed by atoms with van der Waals surface area (Å²) in [5.74, 6) is 0.267. The Bertz CT molecular complexity index is 875. The van der Waals surface area contributed by atoms with Gasteiger partial charge in [-0.15, -0.1) is 11.3 Å². The molecule has 1 saturated carbocycles. The molecule has 1 aromatic heterocycles. The van der Waals surface area contributed by atoms with E-state index >= 15 is 0 Å². The Labute approximate surface area is 180 Å². The van der Waals surface area contributed by atoms with Crippen LogP contribution in [0.1, 0.15) is 71.8 Å². The van der Waals surface area contributed by atoms with E-state index in [9.17, 15) is 9.59 Å². The van der Waals surface area contributed by atoms with E-state index in [1.165, 1.54) is 43.4 Å². The van der Waals surface area contributed by atoms with E-state index in [1.807, 2.05) is 0 Å². The smallest absolute Gasteiger partial charge is 0.257 e. The van der Waals surface area contributed by atoms with E-state index in [-0.39, 0.29) is 17.7 Å². The SMILES string of the molecule is O=C(Nc1nc2c(s1)CCCC2C(=O)NCC1CCCCC1)c1ccc(Cl)cc1. The Kier molecular flexibility index (Phi) is 6.50. The maximum Gasteiger partial charge on any atom is 0.257 e. The van der Waals surface area contributed by atoms with Crippen LogP contribution in [0.25, 0.3) is 0 Å². The quantitative estimate of drug-likeness (QED) is 0.686. The zero-order chi connectivity index (χ0) is 20.2. The van der Waals surface area contributed by atoms with Crippen LogP contribution in [-0.4, -0.2) is 23.3 Å². The first kappa shape index (κ1) is 20.4. The fourth-order valence-corrected chi connectivity index (χ4v) is 5.44. The molecule has 2 aliphatic rings. The first-order valence-corrected chi connectivity index (χ1v) is 11.6. The molecule has 29 heavy (non-hydrogen) atoms. The Hall–Kier alpha value is -1.92. The summed E-state index contributed by atoms with van der Waals surface area (Å²) < 4.78 is 0. The zero-order valence-electron chi connectivity index (χ0n) is 16.4. The number of carbonyl (C=O) groups is 2. The van der Waals surface area contributed by atoms with Gasteiger partial charge in [-0.25, -0.2) is 4.98 Å². The summed E-state index contributed by atoms with van der Waals surface area (Å²) in [7, 11) is 0. The number of thiazole rings is 1. The molecule has 1 heterocycles. The second-order valence-electron chi connectivity index (χ2n) is 7.98. The average Bonchev–Trinajstić information content (AvgIpc) is 3.15. The van der Waals surface area contributed by atoms with Gasteiger partial charge in [0, 0.05) is 22.0 Å². The molecule has 4 rings (SSSR count). The first-order valence-electron chi connectivity index (χ1n) is 10.4. The Balaban J connectivity index is 1.41. The number of hydrogen-bond donors (Lipinski definition) is 2. The normalized spacial score (nSPS) is 19.4. The number of fused-ring (bicyclic) bond motifs is 1. The van der Waals surface area contributed by atoms with Crippen LogP contribution in [0.2, 0.25) is 5.02 Å².